The SMILES string of the molecule is Cc1cc(C)n(-c2nnc(SCCC(C)(C)O)n2N)n1. The van der Waals surface area contributed by atoms with E-state index < -0.39 is 5.60 Å². The lowest BCUT2D eigenvalue weighted by Crippen LogP contribution is -2.20. The highest BCUT2D eigenvalue weighted by atomic mass is 32.2. The molecular formula is C12H20N6OS. The van der Waals surface area contributed by atoms with Crippen molar-refractivity contribution in [2.24, 2.45) is 0 Å². The first-order chi connectivity index (χ1) is 9.28. The molecule has 0 fully saturated rings. The number of nitrogen functional groups attached to an aromatic ring is 1. The van der Waals surface area contributed by atoms with Crippen LogP contribution in [-0.4, -0.2) is 41.1 Å². The van der Waals surface area contributed by atoms with Crippen LogP contribution >= 0.6 is 11.8 Å². The summed E-state index contributed by atoms with van der Waals surface area (Å²) in [6.07, 6.45) is 0.653. The van der Waals surface area contributed by atoms with Crippen LogP contribution in [0.4, 0.5) is 0 Å². The molecule has 0 atom stereocenters. The number of hydrogen-bond acceptors (Lipinski definition) is 6. The molecular weight excluding hydrogens is 276 g/mol. The molecule has 2 aromatic heterocycles. The second-order valence-corrected chi connectivity index (χ2v) is 6.46. The van der Waals surface area contributed by atoms with Gasteiger partial charge in [0.2, 0.25) is 5.16 Å². The Bertz CT molecular complexity index is 598. The zero-order valence-corrected chi connectivity index (χ0v) is 13.0. The molecule has 2 rings (SSSR count). The normalized spacial score (nSPS) is 12.1. The van der Waals surface area contributed by atoms with Crippen LogP contribution in [0.15, 0.2) is 11.2 Å². The molecule has 3 N–H and O–H groups in total. The van der Waals surface area contributed by atoms with Crippen LogP contribution in [0.25, 0.3) is 5.95 Å². The molecule has 2 aromatic rings. The molecule has 0 aliphatic rings. The molecule has 0 saturated carbocycles. The zero-order valence-electron chi connectivity index (χ0n) is 12.2. The van der Waals surface area contributed by atoms with E-state index in [0.717, 1.165) is 17.1 Å². The van der Waals surface area contributed by atoms with Gasteiger partial charge in [0, 0.05) is 11.4 Å². The number of nitrogens with zero attached hydrogens (tertiary/aromatic N) is 5. The van der Waals surface area contributed by atoms with Crippen molar-refractivity contribution in [2.75, 3.05) is 11.6 Å². The first kappa shape index (κ1) is 14.9. The molecule has 110 valence electrons. The Morgan fingerprint density at radius 2 is 2.05 bits per heavy atom. The maximum atomic E-state index is 9.69. The van der Waals surface area contributed by atoms with Gasteiger partial charge in [-0.05, 0) is 40.2 Å². The molecule has 0 radical (unpaired) electrons. The summed E-state index contributed by atoms with van der Waals surface area (Å²) in [5, 5.41) is 22.8. The highest BCUT2D eigenvalue weighted by Crippen LogP contribution is 2.21. The average molecular weight is 296 g/mol. The Morgan fingerprint density at radius 1 is 1.35 bits per heavy atom. The van der Waals surface area contributed by atoms with E-state index in [2.05, 4.69) is 15.3 Å². The first-order valence-corrected chi connectivity index (χ1v) is 7.36. The third-order valence-electron chi connectivity index (χ3n) is 2.79. The van der Waals surface area contributed by atoms with Crippen LogP contribution in [0.5, 0.6) is 0 Å². The fourth-order valence-corrected chi connectivity index (χ4v) is 2.84. The summed E-state index contributed by atoms with van der Waals surface area (Å²) < 4.78 is 3.09. The van der Waals surface area contributed by atoms with E-state index in [9.17, 15) is 5.11 Å². The van der Waals surface area contributed by atoms with Crippen molar-refractivity contribution in [2.45, 2.75) is 44.9 Å². The molecule has 2 heterocycles. The standard InChI is InChI=1S/C12H20N6OS/c1-8-7-9(2)18(16-8)10-14-15-11(17(10)13)20-6-5-12(3,4)19/h7,19H,5-6,13H2,1-4H3. The lowest BCUT2D eigenvalue weighted by Gasteiger charge is -2.15. The molecule has 0 unspecified atom stereocenters. The zero-order chi connectivity index (χ0) is 14.9. The molecule has 8 heteroatoms. The molecule has 0 spiro atoms. The maximum Gasteiger partial charge on any atom is 0.271 e. The summed E-state index contributed by atoms with van der Waals surface area (Å²) in [6.45, 7) is 7.42. The second kappa shape index (κ2) is 5.45. The number of nitrogens with two attached hydrogens (primary N) is 1. The smallest absolute Gasteiger partial charge is 0.271 e. The van der Waals surface area contributed by atoms with Gasteiger partial charge < -0.3 is 10.9 Å². The summed E-state index contributed by atoms with van der Waals surface area (Å²) >= 11 is 1.47. The number of aromatic nitrogens is 5. The number of rotatable bonds is 5. The van der Waals surface area contributed by atoms with Crippen LogP contribution in [0.1, 0.15) is 31.7 Å². The van der Waals surface area contributed by atoms with Crippen molar-refractivity contribution < 1.29 is 5.11 Å². The molecule has 0 aliphatic heterocycles. The van der Waals surface area contributed by atoms with Gasteiger partial charge in [-0.25, -0.2) is 9.36 Å². The third-order valence-corrected chi connectivity index (χ3v) is 3.74. The highest BCUT2D eigenvalue weighted by molar-refractivity contribution is 7.99. The summed E-state index contributed by atoms with van der Waals surface area (Å²) in [7, 11) is 0. The first-order valence-electron chi connectivity index (χ1n) is 6.37. The fraction of sp³-hybridized carbons (Fsp3) is 0.583. The number of thioether (sulfide) groups is 1. The Hall–Kier alpha value is -1.54. The second-order valence-electron chi connectivity index (χ2n) is 5.40. The van der Waals surface area contributed by atoms with Crippen molar-refractivity contribution >= 4 is 11.8 Å². The average Bonchev–Trinajstić information content (AvgIpc) is 2.81. The van der Waals surface area contributed by atoms with Crippen LogP contribution in [0.2, 0.25) is 0 Å². The number of aliphatic hydroxyl groups is 1. The third kappa shape index (κ3) is 3.31. The van der Waals surface area contributed by atoms with Gasteiger partial charge in [0.05, 0.1) is 11.3 Å². The van der Waals surface area contributed by atoms with Crippen molar-refractivity contribution in [1.82, 2.24) is 24.7 Å². The van der Waals surface area contributed by atoms with Gasteiger partial charge in [-0.1, -0.05) is 11.8 Å². The van der Waals surface area contributed by atoms with E-state index >= 15 is 0 Å². The van der Waals surface area contributed by atoms with Crippen molar-refractivity contribution in [3.8, 4) is 5.95 Å². The monoisotopic (exact) mass is 296 g/mol. The maximum absolute atomic E-state index is 9.69. The molecule has 0 saturated heterocycles. The van der Waals surface area contributed by atoms with Gasteiger partial charge in [-0.15, -0.1) is 10.2 Å². The van der Waals surface area contributed by atoms with E-state index in [0.29, 0.717) is 17.5 Å². The lowest BCUT2D eigenvalue weighted by atomic mass is 10.1. The summed E-state index contributed by atoms with van der Waals surface area (Å²) in [4.78, 5) is 0. The predicted octanol–water partition coefficient (Wildman–Crippen LogP) is 1.05. The summed E-state index contributed by atoms with van der Waals surface area (Å²) in [6, 6.07) is 1.95. The Balaban J connectivity index is 2.13. The van der Waals surface area contributed by atoms with Gasteiger partial charge >= 0.3 is 0 Å². The number of aryl methyl sites for hydroxylation is 2. The summed E-state index contributed by atoms with van der Waals surface area (Å²) in [5.74, 6) is 7.22. The Kier molecular flexibility index (Phi) is 4.05. The van der Waals surface area contributed by atoms with Crippen molar-refractivity contribution in [3.63, 3.8) is 0 Å². The topological polar surface area (TPSA) is 94.8 Å². The van der Waals surface area contributed by atoms with Gasteiger partial charge in [0.1, 0.15) is 0 Å². The Labute approximate surface area is 122 Å². The van der Waals surface area contributed by atoms with Gasteiger partial charge in [0.25, 0.3) is 5.95 Å². The molecule has 20 heavy (non-hydrogen) atoms. The van der Waals surface area contributed by atoms with Crippen LogP contribution in [-0.2, 0) is 0 Å². The lowest BCUT2D eigenvalue weighted by molar-refractivity contribution is 0.0777. The molecule has 0 aromatic carbocycles. The highest BCUT2D eigenvalue weighted by Gasteiger charge is 2.17. The summed E-state index contributed by atoms with van der Waals surface area (Å²) in [5.41, 5.74) is 1.17. The van der Waals surface area contributed by atoms with E-state index in [1.807, 2.05) is 19.9 Å². The number of hydrogen-bond donors (Lipinski definition) is 2. The van der Waals surface area contributed by atoms with Crippen LogP contribution < -0.4 is 5.84 Å². The van der Waals surface area contributed by atoms with Crippen LogP contribution in [0.3, 0.4) is 0 Å². The predicted molar refractivity (Wildman–Crippen MR) is 78.4 cm³/mol. The fourth-order valence-electron chi connectivity index (χ4n) is 1.74. The molecule has 0 bridgehead atoms. The van der Waals surface area contributed by atoms with E-state index in [1.54, 1.807) is 18.5 Å². The quantitative estimate of drug-likeness (QED) is 0.632. The van der Waals surface area contributed by atoms with Crippen molar-refractivity contribution in [1.29, 1.82) is 0 Å². The van der Waals surface area contributed by atoms with Gasteiger partial charge in [-0.3, -0.25) is 0 Å². The molecule has 0 aliphatic carbocycles. The van der Waals surface area contributed by atoms with Crippen LogP contribution in [0, 0.1) is 13.8 Å². The van der Waals surface area contributed by atoms with Gasteiger partial charge in [-0.2, -0.15) is 5.10 Å². The minimum Gasteiger partial charge on any atom is -0.390 e. The molecule has 0 amide bonds. The van der Waals surface area contributed by atoms with E-state index in [4.69, 9.17) is 5.84 Å². The van der Waals surface area contributed by atoms with E-state index in [1.165, 1.54) is 16.4 Å². The minimum absolute atomic E-state index is 0.487. The van der Waals surface area contributed by atoms with E-state index in [-0.39, 0.29) is 0 Å². The Morgan fingerprint density at radius 3 is 2.60 bits per heavy atom. The minimum atomic E-state index is -0.690. The van der Waals surface area contributed by atoms with Crippen molar-refractivity contribution in [3.05, 3.63) is 17.5 Å². The van der Waals surface area contributed by atoms with Gasteiger partial charge in [0.15, 0.2) is 0 Å². The molecule has 7 nitrogen and oxygen atoms in total. The largest absolute Gasteiger partial charge is 0.390 e.